The minimum absolute atomic E-state index is 0.897. The number of benzene rings is 1. The molecule has 2 heterocycles. The van der Waals surface area contributed by atoms with Gasteiger partial charge in [-0.1, -0.05) is 6.07 Å². The second-order valence-electron chi connectivity index (χ2n) is 5.33. The third kappa shape index (κ3) is 1.68. The van der Waals surface area contributed by atoms with E-state index in [1.165, 1.54) is 31.6 Å². The van der Waals surface area contributed by atoms with Crippen LogP contribution in [-0.2, 0) is 0 Å². The van der Waals surface area contributed by atoms with E-state index in [0.29, 0.717) is 0 Å². The lowest BCUT2D eigenvalue weighted by molar-refractivity contribution is 0.248. The molecule has 1 aromatic heterocycles. The summed E-state index contributed by atoms with van der Waals surface area (Å²) in [7, 11) is 0. The van der Waals surface area contributed by atoms with Crippen molar-refractivity contribution < 1.29 is 0 Å². The first kappa shape index (κ1) is 10.4. The molecule has 1 N–H and O–H groups in total. The molecule has 0 atom stereocenters. The highest BCUT2D eigenvalue weighted by Gasteiger charge is 2.31. The number of anilines is 1. The van der Waals surface area contributed by atoms with E-state index in [9.17, 15) is 0 Å². The summed E-state index contributed by atoms with van der Waals surface area (Å²) in [5.74, 6) is 0. The molecule has 4 heteroatoms. The molecule has 0 spiro atoms. The first-order valence-corrected chi connectivity index (χ1v) is 6.83. The van der Waals surface area contributed by atoms with E-state index in [-0.39, 0.29) is 0 Å². The fourth-order valence-corrected chi connectivity index (χ4v) is 2.97. The highest BCUT2D eigenvalue weighted by atomic mass is 15.3. The van der Waals surface area contributed by atoms with Crippen molar-refractivity contribution in [2.75, 3.05) is 31.1 Å². The lowest BCUT2D eigenvalue weighted by Crippen LogP contribution is -2.47. The lowest BCUT2D eigenvalue weighted by Gasteiger charge is -2.36. The summed E-state index contributed by atoms with van der Waals surface area (Å²) in [5.41, 5.74) is 3.53. The third-order valence-electron chi connectivity index (χ3n) is 4.15. The Labute approximate surface area is 107 Å². The van der Waals surface area contributed by atoms with Crippen molar-refractivity contribution in [2.24, 2.45) is 0 Å². The van der Waals surface area contributed by atoms with Crippen molar-refractivity contribution in [3.8, 4) is 0 Å². The van der Waals surface area contributed by atoms with Crippen molar-refractivity contribution in [2.45, 2.75) is 18.9 Å². The molecule has 4 nitrogen and oxygen atoms in total. The van der Waals surface area contributed by atoms with Crippen molar-refractivity contribution >= 4 is 16.7 Å². The zero-order valence-electron chi connectivity index (χ0n) is 10.5. The van der Waals surface area contributed by atoms with E-state index in [1.54, 1.807) is 6.33 Å². The van der Waals surface area contributed by atoms with Crippen molar-refractivity contribution in [1.82, 2.24) is 14.9 Å². The summed E-state index contributed by atoms with van der Waals surface area (Å²) < 4.78 is 0. The largest absolute Gasteiger partial charge is 0.367 e. The SMILES string of the molecule is c1cc(N2CCN(C3CC3)CC2)c2nc[nH]c2c1. The number of piperazine rings is 1. The van der Waals surface area contributed by atoms with Crippen LogP contribution in [0.5, 0.6) is 0 Å². The Morgan fingerprint density at radius 1 is 1.11 bits per heavy atom. The summed E-state index contributed by atoms with van der Waals surface area (Å²) in [6.45, 7) is 4.65. The Morgan fingerprint density at radius 2 is 1.94 bits per heavy atom. The van der Waals surface area contributed by atoms with Crippen LogP contribution < -0.4 is 4.90 Å². The Hall–Kier alpha value is -1.55. The van der Waals surface area contributed by atoms with Crippen LogP contribution in [0.4, 0.5) is 5.69 Å². The molecule has 2 fully saturated rings. The van der Waals surface area contributed by atoms with Gasteiger partial charge in [0.05, 0.1) is 17.5 Å². The Bertz CT molecular complexity index is 550. The van der Waals surface area contributed by atoms with Crippen LogP contribution in [0, 0.1) is 0 Å². The van der Waals surface area contributed by atoms with Crippen LogP contribution in [0.15, 0.2) is 24.5 Å². The van der Waals surface area contributed by atoms with E-state index < -0.39 is 0 Å². The topological polar surface area (TPSA) is 35.2 Å². The maximum absolute atomic E-state index is 4.45. The van der Waals surface area contributed by atoms with Gasteiger partial charge in [-0.15, -0.1) is 0 Å². The smallest absolute Gasteiger partial charge is 0.112 e. The van der Waals surface area contributed by atoms with Gasteiger partial charge < -0.3 is 9.88 Å². The predicted octanol–water partition coefficient (Wildman–Crippen LogP) is 1.85. The van der Waals surface area contributed by atoms with Gasteiger partial charge in [0.2, 0.25) is 0 Å². The van der Waals surface area contributed by atoms with Crippen LogP contribution in [0.2, 0.25) is 0 Å². The van der Waals surface area contributed by atoms with E-state index in [2.05, 4.69) is 38.0 Å². The van der Waals surface area contributed by atoms with Crippen molar-refractivity contribution in [3.05, 3.63) is 24.5 Å². The molecule has 4 rings (SSSR count). The lowest BCUT2D eigenvalue weighted by atomic mass is 10.2. The molecule has 2 aromatic rings. The average molecular weight is 242 g/mol. The van der Waals surface area contributed by atoms with Crippen LogP contribution in [-0.4, -0.2) is 47.1 Å². The minimum atomic E-state index is 0.897. The molecule has 1 aliphatic carbocycles. The maximum atomic E-state index is 4.45. The summed E-state index contributed by atoms with van der Waals surface area (Å²) >= 11 is 0. The molecule has 0 bridgehead atoms. The number of nitrogens with one attached hydrogen (secondary N) is 1. The van der Waals surface area contributed by atoms with E-state index in [4.69, 9.17) is 0 Å². The Morgan fingerprint density at radius 3 is 2.72 bits per heavy atom. The number of imidazole rings is 1. The van der Waals surface area contributed by atoms with Crippen molar-refractivity contribution in [3.63, 3.8) is 0 Å². The highest BCUT2D eigenvalue weighted by molar-refractivity contribution is 5.88. The number of aromatic nitrogens is 2. The van der Waals surface area contributed by atoms with Gasteiger partial charge in [-0.05, 0) is 25.0 Å². The van der Waals surface area contributed by atoms with Gasteiger partial charge in [-0.3, -0.25) is 4.90 Å². The second-order valence-corrected chi connectivity index (χ2v) is 5.33. The predicted molar refractivity (Wildman–Crippen MR) is 72.9 cm³/mol. The van der Waals surface area contributed by atoms with Crippen molar-refractivity contribution in [1.29, 1.82) is 0 Å². The second kappa shape index (κ2) is 3.99. The fraction of sp³-hybridized carbons (Fsp3) is 0.500. The van der Waals surface area contributed by atoms with Gasteiger partial charge in [0.15, 0.2) is 0 Å². The molecule has 1 saturated heterocycles. The summed E-state index contributed by atoms with van der Waals surface area (Å²) in [6, 6.07) is 7.29. The molecule has 94 valence electrons. The van der Waals surface area contributed by atoms with Crippen LogP contribution in [0.1, 0.15) is 12.8 Å². The number of aromatic amines is 1. The van der Waals surface area contributed by atoms with E-state index in [0.717, 1.165) is 30.2 Å². The molecule has 2 aliphatic rings. The van der Waals surface area contributed by atoms with E-state index in [1.807, 2.05) is 0 Å². The monoisotopic (exact) mass is 242 g/mol. The molecular weight excluding hydrogens is 224 g/mol. The first-order valence-electron chi connectivity index (χ1n) is 6.83. The van der Waals surface area contributed by atoms with E-state index >= 15 is 0 Å². The number of rotatable bonds is 2. The molecule has 0 unspecified atom stereocenters. The maximum Gasteiger partial charge on any atom is 0.112 e. The van der Waals surface area contributed by atoms with Gasteiger partial charge >= 0.3 is 0 Å². The quantitative estimate of drug-likeness (QED) is 0.873. The van der Waals surface area contributed by atoms with Gasteiger partial charge in [-0.2, -0.15) is 0 Å². The fourth-order valence-electron chi connectivity index (χ4n) is 2.97. The number of nitrogens with zero attached hydrogens (tertiary/aromatic N) is 3. The standard InChI is InChI=1S/C14H18N4/c1-2-12-14(16-10-15-12)13(3-1)18-8-6-17(7-9-18)11-4-5-11/h1-3,10-11H,4-9H2,(H,15,16). The zero-order valence-corrected chi connectivity index (χ0v) is 10.5. The van der Waals surface area contributed by atoms with Gasteiger partial charge in [-0.25, -0.2) is 4.98 Å². The third-order valence-corrected chi connectivity index (χ3v) is 4.15. The average Bonchev–Trinajstić information content (AvgIpc) is 3.16. The van der Waals surface area contributed by atoms with Crippen LogP contribution in [0.3, 0.4) is 0 Å². The number of H-pyrrole nitrogens is 1. The number of hydrogen-bond acceptors (Lipinski definition) is 3. The Kier molecular flexibility index (Phi) is 2.30. The molecule has 1 saturated carbocycles. The summed E-state index contributed by atoms with van der Waals surface area (Å²) in [6.07, 6.45) is 4.61. The van der Waals surface area contributed by atoms with Crippen LogP contribution >= 0.6 is 0 Å². The van der Waals surface area contributed by atoms with Gasteiger partial charge in [0.25, 0.3) is 0 Å². The zero-order chi connectivity index (χ0) is 11.9. The number of fused-ring (bicyclic) bond motifs is 1. The van der Waals surface area contributed by atoms with Crippen LogP contribution in [0.25, 0.3) is 11.0 Å². The normalized spacial score (nSPS) is 21.7. The first-order chi connectivity index (χ1) is 8.92. The highest BCUT2D eigenvalue weighted by Crippen LogP contribution is 2.30. The molecule has 0 amide bonds. The van der Waals surface area contributed by atoms with Gasteiger partial charge in [0.1, 0.15) is 5.52 Å². The molecule has 1 aliphatic heterocycles. The molecular formula is C14H18N4. The molecule has 1 aromatic carbocycles. The van der Waals surface area contributed by atoms with Gasteiger partial charge in [0, 0.05) is 32.2 Å². The summed E-state index contributed by atoms with van der Waals surface area (Å²) in [4.78, 5) is 12.8. The molecule has 18 heavy (non-hydrogen) atoms. The number of hydrogen-bond donors (Lipinski definition) is 1. The number of para-hydroxylation sites is 1. The Balaban J connectivity index is 1.58. The molecule has 0 radical (unpaired) electrons. The summed E-state index contributed by atoms with van der Waals surface area (Å²) in [5, 5.41) is 0. The minimum Gasteiger partial charge on any atom is -0.367 e.